The second-order valence-corrected chi connectivity index (χ2v) is 7.49. The molecule has 3 heterocycles. The Morgan fingerprint density at radius 1 is 1.37 bits per heavy atom. The Labute approximate surface area is 132 Å². The molecule has 0 radical (unpaired) electrons. The van der Waals surface area contributed by atoms with Crippen molar-refractivity contribution in [2.45, 2.75) is 66.7 Å². The number of hydrogen-bond donors (Lipinski definition) is 0. The average molecular weight is 392 g/mol. The van der Waals surface area contributed by atoms with Crippen LogP contribution in [0.5, 0.6) is 0 Å². The fourth-order valence-corrected chi connectivity index (χ4v) is 3.68. The van der Waals surface area contributed by atoms with E-state index in [0.29, 0.717) is 15.8 Å². The minimum absolute atomic E-state index is 0.123. The van der Waals surface area contributed by atoms with Gasteiger partial charge in [0, 0.05) is 16.1 Å². The van der Waals surface area contributed by atoms with Crippen molar-refractivity contribution in [3.63, 3.8) is 0 Å². The van der Waals surface area contributed by atoms with Crippen molar-refractivity contribution in [2.75, 3.05) is 0 Å². The van der Waals surface area contributed by atoms with Crippen LogP contribution in [-0.2, 0) is 9.47 Å². The monoisotopic (exact) mass is 390 g/mol. The van der Waals surface area contributed by atoms with E-state index in [1.54, 1.807) is 6.08 Å². The van der Waals surface area contributed by atoms with Crippen LogP contribution in [0.1, 0.15) is 32.6 Å². The van der Waals surface area contributed by atoms with Crippen LogP contribution >= 0.6 is 31.9 Å². The summed E-state index contributed by atoms with van der Waals surface area (Å²) >= 11 is 7.46. The van der Waals surface area contributed by atoms with Crippen molar-refractivity contribution in [3.8, 4) is 12.3 Å². The van der Waals surface area contributed by atoms with Gasteiger partial charge in [-0.2, -0.15) is 0 Å². The van der Waals surface area contributed by atoms with Gasteiger partial charge in [0.1, 0.15) is 0 Å². The van der Waals surface area contributed by atoms with Gasteiger partial charge in [-0.15, -0.1) is 6.42 Å². The summed E-state index contributed by atoms with van der Waals surface area (Å²) in [6.07, 6.45) is 13.8. The van der Waals surface area contributed by atoms with Crippen LogP contribution in [0.4, 0.5) is 0 Å². The van der Waals surface area contributed by atoms with E-state index >= 15 is 0 Å². The largest absolute Gasteiger partial charge is 0.371 e. The highest BCUT2D eigenvalue weighted by Crippen LogP contribution is 2.39. The number of halogens is 2. The lowest BCUT2D eigenvalue weighted by Gasteiger charge is -2.47. The Kier molecular flexibility index (Phi) is 5.95. The molecule has 0 spiro atoms. The minimum atomic E-state index is 0.123. The van der Waals surface area contributed by atoms with E-state index in [1.807, 2.05) is 6.08 Å². The van der Waals surface area contributed by atoms with Crippen LogP contribution in [0.25, 0.3) is 0 Å². The van der Waals surface area contributed by atoms with Crippen LogP contribution in [0, 0.1) is 12.3 Å². The highest BCUT2D eigenvalue weighted by molar-refractivity contribution is 9.09. The zero-order valence-electron chi connectivity index (χ0n) is 11.1. The summed E-state index contributed by atoms with van der Waals surface area (Å²) in [6, 6.07) is 0. The normalized spacial score (nSPS) is 40.0. The molecule has 0 amide bonds. The Balaban J connectivity index is 2.02. The number of ether oxygens (including phenoxy) is 2. The van der Waals surface area contributed by atoms with Gasteiger partial charge in [0.2, 0.25) is 0 Å². The van der Waals surface area contributed by atoms with Crippen molar-refractivity contribution in [1.82, 2.24) is 0 Å². The first-order valence-corrected chi connectivity index (χ1v) is 8.69. The zero-order chi connectivity index (χ0) is 13.8. The summed E-state index contributed by atoms with van der Waals surface area (Å²) in [5.41, 5.74) is 0. The lowest BCUT2D eigenvalue weighted by atomic mass is 9.90. The molecule has 2 bridgehead atoms. The number of alkyl halides is 2. The van der Waals surface area contributed by atoms with Crippen LogP contribution in [0.15, 0.2) is 12.2 Å². The van der Waals surface area contributed by atoms with Gasteiger partial charge in [-0.1, -0.05) is 50.8 Å². The first-order valence-electron chi connectivity index (χ1n) is 6.85. The predicted molar refractivity (Wildman–Crippen MR) is 84.9 cm³/mol. The van der Waals surface area contributed by atoms with E-state index in [1.165, 1.54) is 0 Å². The SMILES string of the molecule is C#C/C=C\C[C@@H]1OC(C(Br)CC)CC(Br)[C@H]2C[C@@H]1O2. The first-order chi connectivity index (χ1) is 9.15. The van der Waals surface area contributed by atoms with Crippen molar-refractivity contribution in [2.24, 2.45) is 0 Å². The van der Waals surface area contributed by atoms with E-state index in [-0.39, 0.29) is 18.3 Å². The summed E-state index contributed by atoms with van der Waals surface area (Å²) < 4.78 is 12.2. The molecule has 19 heavy (non-hydrogen) atoms. The van der Waals surface area contributed by atoms with Gasteiger partial charge < -0.3 is 9.47 Å². The number of terminal acetylenes is 1. The molecule has 0 saturated carbocycles. The second kappa shape index (κ2) is 7.26. The molecular weight excluding hydrogens is 372 g/mol. The summed E-state index contributed by atoms with van der Waals surface area (Å²) in [5, 5.41) is 0. The molecule has 0 N–H and O–H groups in total. The molecule has 0 aliphatic carbocycles. The lowest BCUT2D eigenvalue weighted by molar-refractivity contribution is -0.213. The third-order valence-electron chi connectivity index (χ3n) is 3.82. The van der Waals surface area contributed by atoms with Gasteiger partial charge in [0.15, 0.2) is 0 Å². The maximum absolute atomic E-state index is 6.29. The molecule has 2 nitrogen and oxygen atoms in total. The first kappa shape index (κ1) is 15.6. The van der Waals surface area contributed by atoms with Crippen molar-refractivity contribution < 1.29 is 9.47 Å². The highest BCUT2D eigenvalue weighted by Gasteiger charge is 2.44. The predicted octanol–water partition coefficient (Wildman–Crippen LogP) is 3.82. The quantitative estimate of drug-likeness (QED) is 0.535. The van der Waals surface area contributed by atoms with Crippen molar-refractivity contribution >= 4 is 31.9 Å². The molecule has 3 fully saturated rings. The number of hydrogen-bond acceptors (Lipinski definition) is 2. The molecule has 106 valence electrons. The smallest absolute Gasteiger partial charge is 0.0876 e. The van der Waals surface area contributed by atoms with Crippen molar-refractivity contribution in [3.05, 3.63) is 12.2 Å². The Hall–Kier alpha value is 0.180. The molecule has 3 saturated heterocycles. The molecule has 3 aliphatic rings. The average Bonchev–Trinajstić information content (AvgIpc) is 2.32. The fourth-order valence-electron chi connectivity index (χ4n) is 2.63. The van der Waals surface area contributed by atoms with E-state index in [2.05, 4.69) is 44.7 Å². The van der Waals surface area contributed by atoms with Gasteiger partial charge in [-0.05, 0) is 25.3 Å². The number of fused-ring (bicyclic) bond motifs is 4. The summed E-state index contributed by atoms with van der Waals surface area (Å²) in [7, 11) is 0. The lowest BCUT2D eigenvalue weighted by Crippen LogP contribution is -2.55. The third-order valence-corrected chi connectivity index (χ3v) is 6.02. The molecule has 6 atom stereocenters. The van der Waals surface area contributed by atoms with Crippen LogP contribution in [0.2, 0.25) is 0 Å². The Bertz CT molecular complexity index is 358. The van der Waals surface area contributed by atoms with E-state index in [4.69, 9.17) is 15.9 Å². The Morgan fingerprint density at radius 2 is 2.11 bits per heavy atom. The highest BCUT2D eigenvalue weighted by atomic mass is 79.9. The zero-order valence-corrected chi connectivity index (χ0v) is 14.3. The summed E-state index contributed by atoms with van der Waals surface area (Å²) in [6.45, 7) is 2.18. The minimum Gasteiger partial charge on any atom is -0.371 e. The van der Waals surface area contributed by atoms with Gasteiger partial charge in [-0.3, -0.25) is 0 Å². The molecule has 4 heteroatoms. The van der Waals surface area contributed by atoms with Crippen LogP contribution < -0.4 is 0 Å². The van der Waals surface area contributed by atoms with Gasteiger partial charge in [0.25, 0.3) is 0 Å². The van der Waals surface area contributed by atoms with E-state index in [0.717, 1.165) is 25.7 Å². The molecule has 3 unspecified atom stereocenters. The van der Waals surface area contributed by atoms with Crippen LogP contribution in [-0.4, -0.2) is 34.1 Å². The Morgan fingerprint density at radius 3 is 2.74 bits per heavy atom. The fraction of sp³-hybridized carbons (Fsp3) is 0.733. The molecule has 0 aromatic heterocycles. The van der Waals surface area contributed by atoms with E-state index < -0.39 is 0 Å². The third kappa shape index (κ3) is 3.85. The van der Waals surface area contributed by atoms with Crippen molar-refractivity contribution in [1.29, 1.82) is 0 Å². The number of allylic oxidation sites excluding steroid dienone is 1. The maximum Gasteiger partial charge on any atom is 0.0876 e. The second-order valence-electron chi connectivity index (χ2n) is 5.14. The number of rotatable bonds is 4. The van der Waals surface area contributed by atoms with Gasteiger partial charge in [0.05, 0.1) is 24.4 Å². The summed E-state index contributed by atoms with van der Waals surface area (Å²) in [4.78, 5) is 0.784. The van der Waals surface area contributed by atoms with Gasteiger partial charge in [-0.25, -0.2) is 0 Å². The molecule has 0 aromatic carbocycles. The van der Waals surface area contributed by atoms with E-state index in [9.17, 15) is 0 Å². The molecule has 3 rings (SSSR count). The molecular formula is C15H20Br2O2. The van der Waals surface area contributed by atoms with Gasteiger partial charge >= 0.3 is 0 Å². The van der Waals surface area contributed by atoms with Crippen LogP contribution in [0.3, 0.4) is 0 Å². The standard InChI is InChI=1S/C15H20Br2O2/c1-3-5-6-7-12-15-9-14(19-15)11(17)8-13(18-12)10(16)4-2/h1,5-6,10-15H,4,7-9H2,2H3/b6-5-/t10?,11?,12-,13?,14+,15-/m0/s1. The summed E-state index contributed by atoms with van der Waals surface area (Å²) in [5.74, 6) is 2.52. The molecule has 3 aliphatic heterocycles. The molecule has 0 aromatic rings. The maximum atomic E-state index is 6.29. The topological polar surface area (TPSA) is 18.5 Å².